The predicted molar refractivity (Wildman–Crippen MR) is 76.8 cm³/mol. The molecule has 0 spiro atoms. The second kappa shape index (κ2) is 5.36. The van der Waals surface area contributed by atoms with Gasteiger partial charge in [0.05, 0.1) is 18.3 Å². The minimum atomic E-state index is -0.332. The lowest BCUT2D eigenvalue weighted by atomic mass is 10.1. The summed E-state index contributed by atoms with van der Waals surface area (Å²) in [6, 6.07) is 10.7. The van der Waals surface area contributed by atoms with Gasteiger partial charge in [-0.25, -0.2) is 9.36 Å². The lowest BCUT2D eigenvalue weighted by Gasteiger charge is -2.16. The Labute approximate surface area is 121 Å². The molecule has 3 aromatic rings. The van der Waals surface area contributed by atoms with Crippen molar-refractivity contribution in [3.8, 4) is 17.0 Å². The molecule has 0 saturated carbocycles. The van der Waals surface area contributed by atoms with E-state index in [1.54, 1.807) is 35.2 Å². The average molecular weight is 281 g/mol. The number of nitrogens with zero attached hydrogens (tertiary/aromatic N) is 3. The third kappa shape index (κ3) is 2.16. The van der Waals surface area contributed by atoms with Crippen LogP contribution >= 0.6 is 0 Å². The first-order chi connectivity index (χ1) is 10.2. The van der Waals surface area contributed by atoms with Gasteiger partial charge in [-0.05, 0) is 12.0 Å². The fourth-order valence-electron chi connectivity index (χ4n) is 2.44. The Bertz CT molecular complexity index is 841. The van der Waals surface area contributed by atoms with Crippen LogP contribution in [0.15, 0.2) is 53.6 Å². The van der Waals surface area contributed by atoms with E-state index < -0.39 is 0 Å². The lowest BCUT2D eigenvalue weighted by Crippen LogP contribution is -2.44. The lowest BCUT2D eigenvalue weighted by molar-refractivity contribution is -0.717. The van der Waals surface area contributed by atoms with Crippen LogP contribution in [0, 0.1) is 0 Å². The molecular weight excluding hydrogens is 266 g/mol. The van der Waals surface area contributed by atoms with Crippen LogP contribution in [0.1, 0.15) is 13.3 Å². The monoisotopic (exact) mass is 281 g/mol. The standard InChI is InChI=1S/C16H15N3O2/c1-2-10-18-14(20)13(12-7-4-3-5-8-12)15(21)19-11-6-9-17-16(18)19/h3-9,11H,2,10H2,1H3. The average Bonchev–Trinajstić information content (AvgIpc) is 2.53. The number of fused-ring (bicyclic) bond motifs is 1. The van der Waals surface area contributed by atoms with Crippen LogP contribution in [0.4, 0.5) is 0 Å². The smallest absolute Gasteiger partial charge is 0.405 e. The largest absolute Gasteiger partial charge is 0.848 e. The van der Waals surface area contributed by atoms with Crippen molar-refractivity contribution < 1.29 is 9.67 Å². The highest BCUT2D eigenvalue weighted by Crippen LogP contribution is 2.20. The minimum absolute atomic E-state index is 0.189. The summed E-state index contributed by atoms with van der Waals surface area (Å²) < 4.78 is 2.99. The third-order valence-electron chi connectivity index (χ3n) is 3.37. The van der Waals surface area contributed by atoms with Gasteiger partial charge in [-0.15, -0.1) is 0 Å². The molecule has 0 unspecified atom stereocenters. The van der Waals surface area contributed by atoms with Crippen LogP contribution in [-0.4, -0.2) is 9.38 Å². The molecule has 0 saturated heterocycles. The van der Waals surface area contributed by atoms with Crippen LogP contribution in [0.3, 0.4) is 0 Å². The van der Waals surface area contributed by atoms with E-state index in [0.29, 0.717) is 17.9 Å². The molecule has 0 bridgehead atoms. The van der Waals surface area contributed by atoms with E-state index in [-0.39, 0.29) is 17.0 Å². The van der Waals surface area contributed by atoms with E-state index >= 15 is 0 Å². The molecule has 0 atom stereocenters. The number of aryl methyl sites for hydroxylation is 1. The van der Waals surface area contributed by atoms with Crippen LogP contribution in [-0.2, 0) is 6.54 Å². The zero-order valence-corrected chi connectivity index (χ0v) is 11.7. The van der Waals surface area contributed by atoms with E-state index in [4.69, 9.17) is 0 Å². The Hall–Kier alpha value is -2.69. The molecule has 21 heavy (non-hydrogen) atoms. The molecule has 2 aromatic heterocycles. The summed E-state index contributed by atoms with van der Waals surface area (Å²) in [6.45, 7) is 2.51. The van der Waals surface area contributed by atoms with Gasteiger partial charge in [0.15, 0.2) is 0 Å². The second-order valence-electron chi connectivity index (χ2n) is 4.79. The number of hydrogen-bond donors (Lipinski definition) is 0. The molecule has 0 fully saturated rings. The molecule has 0 aliphatic heterocycles. The summed E-state index contributed by atoms with van der Waals surface area (Å²) in [5, 5.41) is 12.7. The van der Waals surface area contributed by atoms with Crippen LogP contribution in [0.2, 0.25) is 0 Å². The number of aromatic nitrogens is 3. The van der Waals surface area contributed by atoms with Gasteiger partial charge in [0, 0.05) is 11.9 Å². The van der Waals surface area contributed by atoms with Crippen LogP contribution < -0.4 is 15.2 Å². The maximum Gasteiger partial charge on any atom is 0.405 e. The molecule has 5 nitrogen and oxygen atoms in total. The van der Waals surface area contributed by atoms with Gasteiger partial charge in [-0.1, -0.05) is 42.2 Å². The van der Waals surface area contributed by atoms with Crippen molar-refractivity contribution in [2.45, 2.75) is 19.9 Å². The molecule has 1 aromatic carbocycles. The normalized spacial score (nSPS) is 10.9. The van der Waals surface area contributed by atoms with Crippen molar-refractivity contribution in [2.75, 3.05) is 0 Å². The molecule has 5 heteroatoms. The Morgan fingerprint density at radius 3 is 2.71 bits per heavy atom. The summed E-state index contributed by atoms with van der Waals surface area (Å²) in [6.07, 6.45) is 4.02. The maximum atomic E-state index is 12.7. The first kappa shape index (κ1) is 13.3. The van der Waals surface area contributed by atoms with E-state index in [1.807, 2.05) is 25.1 Å². The van der Waals surface area contributed by atoms with Gasteiger partial charge < -0.3 is 5.11 Å². The Morgan fingerprint density at radius 1 is 1.24 bits per heavy atom. The molecule has 0 aliphatic carbocycles. The number of hydrogen-bond acceptors (Lipinski definition) is 3. The van der Waals surface area contributed by atoms with Crippen molar-refractivity contribution in [2.24, 2.45) is 0 Å². The van der Waals surface area contributed by atoms with Crippen molar-refractivity contribution in [1.29, 1.82) is 0 Å². The molecular formula is C16H15N3O2. The summed E-state index contributed by atoms with van der Waals surface area (Å²) >= 11 is 0. The van der Waals surface area contributed by atoms with Crippen molar-refractivity contribution in [1.82, 2.24) is 9.38 Å². The highest BCUT2D eigenvalue weighted by atomic mass is 16.3. The van der Waals surface area contributed by atoms with Crippen molar-refractivity contribution in [3.63, 3.8) is 0 Å². The molecule has 2 heterocycles. The summed E-state index contributed by atoms with van der Waals surface area (Å²) in [5.74, 6) is 0.0979. The minimum Gasteiger partial charge on any atom is -0.848 e. The first-order valence-corrected chi connectivity index (χ1v) is 6.89. The topological polar surface area (TPSA) is 61.3 Å². The molecule has 3 rings (SSSR count). The van der Waals surface area contributed by atoms with Gasteiger partial charge in [0.25, 0.3) is 0 Å². The summed E-state index contributed by atoms with van der Waals surface area (Å²) in [7, 11) is 0. The quantitative estimate of drug-likeness (QED) is 0.676. The highest BCUT2D eigenvalue weighted by molar-refractivity contribution is 5.66. The van der Waals surface area contributed by atoms with Gasteiger partial charge in [0.2, 0.25) is 0 Å². The third-order valence-corrected chi connectivity index (χ3v) is 3.37. The Kier molecular flexibility index (Phi) is 3.39. The van der Waals surface area contributed by atoms with Gasteiger partial charge in [0.1, 0.15) is 6.20 Å². The Balaban J connectivity index is 2.43. The molecule has 0 N–H and O–H groups in total. The van der Waals surface area contributed by atoms with Gasteiger partial charge in [-0.2, -0.15) is 4.40 Å². The number of rotatable bonds is 3. The van der Waals surface area contributed by atoms with E-state index in [1.165, 1.54) is 4.40 Å². The Morgan fingerprint density at radius 2 is 2.00 bits per heavy atom. The summed E-state index contributed by atoms with van der Waals surface area (Å²) in [4.78, 5) is 16.8. The maximum absolute atomic E-state index is 12.7. The first-order valence-electron chi connectivity index (χ1n) is 6.89. The fraction of sp³-hybridized carbons (Fsp3) is 0.188. The van der Waals surface area contributed by atoms with Gasteiger partial charge >= 0.3 is 11.3 Å². The van der Waals surface area contributed by atoms with E-state index in [0.717, 1.165) is 6.42 Å². The van der Waals surface area contributed by atoms with Crippen LogP contribution in [0.5, 0.6) is 5.88 Å². The molecule has 0 amide bonds. The van der Waals surface area contributed by atoms with Crippen LogP contribution in [0.25, 0.3) is 16.9 Å². The molecule has 106 valence electrons. The zero-order valence-electron chi connectivity index (χ0n) is 11.7. The van der Waals surface area contributed by atoms with E-state index in [2.05, 4.69) is 4.98 Å². The van der Waals surface area contributed by atoms with Crippen molar-refractivity contribution >= 4 is 5.78 Å². The summed E-state index contributed by atoms with van der Waals surface area (Å²) in [5.41, 5.74) is 0.492. The fourth-order valence-corrected chi connectivity index (χ4v) is 2.44. The van der Waals surface area contributed by atoms with Gasteiger partial charge in [-0.3, -0.25) is 0 Å². The number of benzene rings is 1. The van der Waals surface area contributed by atoms with E-state index in [9.17, 15) is 9.90 Å². The SMILES string of the molecule is CCC[n+]1c([O-])c(-c2ccccc2)c(=O)n2cccnc21. The molecule has 0 radical (unpaired) electrons. The predicted octanol–water partition coefficient (Wildman–Crippen LogP) is 1.13. The highest BCUT2D eigenvalue weighted by Gasteiger charge is 2.19. The van der Waals surface area contributed by atoms with Crippen molar-refractivity contribution in [3.05, 3.63) is 59.1 Å². The second-order valence-corrected chi connectivity index (χ2v) is 4.79. The zero-order chi connectivity index (χ0) is 14.8. The molecule has 0 aliphatic rings.